The number of anilines is 1. The van der Waals surface area contributed by atoms with E-state index in [9.17, 15) is 9.18 Å². The fourth-order valence-corrected chi connectivity index (χ4v) is 1.28. The van der Waals surface area contributed by atoms with Crippen molar-refractivity contribution in [2.24, 2.45) is 10.7 Å². The van der Waals surface area contributed by atoms with E-state index in [1.165, 1.54) is 25.2 Å². The van der Waals surface area contributed by atoms with Gasteiger partial charge < -0.3 is 11.1 Å². The zero-order chi connectivity index (χ0) is 12.1. The van der Waals surface area contributed by atoms with Gasteiger partial charge in [-0.15, -0.1) is 0 Å². The summed E-state index contributed by atoms with van der Waals surface area (Å²) in [5.74, 6) is -0.585. The number of hydrogen-bond donors (Lipinski definition) is 3. The Morgan fingerprint density at radius 1 is 1.56 bits per heavy atom. The number of rotatable bonds is 1. The van der Waals surface area contributed by atoms with Crippen molar-refractivity contribution in [1.29, 1.82) is 0 Å². The Bertz CT molecular complexity index is 436. The molecule has 16 heavy (non-hydrogen) atoms. The van der Waals surface area contributed by atoms with E-state index >= 15 is 0 Å². The minimum atomic E-state index is -0.653. The third kappa shape index (κ3) is 3.50. The summed E-state index contributed by atoms with van der Waals surface area (Å²) in [4.78, 5) is 14.8. The van der Waals surface area contributed by atoms with Gasteiger partial charge in [0.15, 0.2) is 5.96 Å². The summed E-state index contributed by atoms with van der Waals surface area (Å²) in [5.41, 5.74) is 5.32. The molecule has 5 nitrogen and oxygen atoms in total. The van der Waals surface area contributed by atoms with Crippen molar-refractivity contribution < 1.29 is 9.18 Å². The van der Waals surface area contributed by atoms with Crippen LogP contribution in [0.25, 0.3) is 0 Å². The number of aliphatic imine (C=N–C) groups is 1. The molecule has 86 valence electrons. The number of guanidine groups is 1. The fourth-order valence-electron chi connectivity index (χ4n) is 0.919. The van der Waals surface area contributed by atoms with Gasteiger partial charge in [-0.25, -0.2) is 9.18 Å². The molecule has 0 atom stereocenters. The first-order valence-electron chi connectivity index (χ1n) is 4.28. The molecule has 0 bridgehead atoms. The molecule has 0 aromatic heterocycles. The maximum atomic E-state index is 13.2. The van der Waals surface area contributed by atoms with E-state index in [1.807, 2.05) is 0 Å². The zero-order valence-electron chi connectivity index (χ0n) is 8.42. The third-order valence-electron chi connectivity index (χ3n) is 1.66. The number of nitrogens with two attached hydrogens (primary N) is 1. The molecule has 2 amide bonds. The molecule has 0 saturated heterocycles. The molecule has 0 aliphatic carbocycles. The Labute approximate surface area is 100 Å². The first-order chi connectivity index (χ1) is 7.52. The summed E-state index contributed by atoms with van der Waals surface area (Å²) in [6.07, 6.45) is 0. The Balaban J connectivity index is 2.73. The highest BCUT2D eigenvalue weighted by atomic mass is 79.9. The standard InChI is InChI=1S/C9H10BrFN4O/c1-13-8(12)15-9(16)14-7-4-5(10)2-3-6(7)11/h2-4H,1H3,(H4,12,13,14,15,16). The predicted octanol–water partition coefficient (Wildman–Crippen LogP) is 1.65. The lowest BCUT2D eigenvalue weighted by molar-refractivity contribution is 0.256. The van der Waals surface area contributed by atoms with Crippen molar-refractivity contribution in [3.8, 4) is 0 Å². The van der Waals surface area contributed by atoms with Crippen molar-refractivity contribution in [2.45, 2.75) is 0 Å². The monoisotopic (exact) mass is 288 g/mol. The number of urea groups is 1. The van der Waals surface area contributed by atoms with E-state index in [4.69, 9.17) is 5.73 Å². The lowest BCUT2D eigenvalue weighted by Crippen LogP contribution is -2.39. The van der Waals surface area contributed by atoms with Gasteiger partial charge in [0.25, 0.3) is 0 Å². The Morgan fingerprint density at radius 2 is 2.25 bits per heavy atom. The van der Waals surface area contributed by atoms with Gasteiger partial charge in [-0.2, -0.15) is 0 Å². The van der Waals surface area contributed by atoms with Crippen LogP contribution in [-0.2, 0) is 0 Å². The van der Waals surface area contributed by atoms with E-state index < -0.39 is 11.8 Å². The molecule has 1 aromatic rings. The number of nitrogens with one attached hydrogen (secondary N) is 2. The van der Waals surface area contributed by atoms with Gasteiger partial charge in [0.1, 0.15) is 5.82 Å². The highest BCUT2D eigenvalue weighted by Gasteiger charge is 2.07. The highest BCUT2D eigenvalue weighted by Crippen LogP contribution is 2.19. The molecule has 0 unspecified atom stereocenters. The number of carbonyl (C=O) groups is 1. The summed E-state index contributed by atoms with van der Waals surface area (Å²) < 4.78 is 13.9. The van der Waals surface area contributed by atoms with Crippen LogP contribution in [0.5, 0.6) is 0 Å². The van der Waals surface area contributed by atoms with Crippen LogP contribution in [0.3, 0.4) is 0 Å². The number of halogens is 2. The Morgan fingerprint density at radius 3 is 2.88 bits per heavy atom. The second kappa shape index (κ2) is 5.45. The molecule has 1 aromatic carbocycles. The molecule has 4 N–H and O–H groups in total. The van der Waals surface area contributed by atoms with Gasteiger partial charge in [-0.05, 0) is 18.2 Å². The van der Waals surface area contributed by atoms with Gasteiger partial charge in [0.05, 0.1) is 5.69 Å². The minimum absolute atomic E-state index is 0.0482. The Kier molecular flexibility index (Phi) is 4.24. The third-order valence-corrected chi connectivity index (χ3v) is 2.15. The maximum Gasteiger partial charge on any atom is 0.326 e. The van der Waals surface area contributed by atoms with Gasteiger partial charge >= 0.3 is 6.03 Å². The molecule has 7 heteroatoms. The normalized spacial score (nSPS) is 11.1. The van der Waals surface area contributed by atoms with Gasteiger partial charge in [-0.1, -0.05) is 15.9 Å². The van der Waals surface area contributed by atoms with Crippen molar-refractivity contribution in [1.82, 2.24) is 5.32 Å². The van der Waals surface area contributed by atoms with Crippen molar-refractivity contribution in [3.05, 3.63) is 28.5 Å². The summed E-state index contributed by atoms with van der Waals surface area (Å²) >= 11 is 3.16. The summed E-state index contributed by atoms with van der Waals surface area (Å²) in [7, 11) is 1.43. The van der Waals surface area contributed by atoms with Crippen LogP contribution in [0.4, 0.5) is 14.9 Å². The van der Waals surface area contributed by atoms with E-state index in [2.05, 4.69) is 31.6 Å². The maximum absolute atomic E-state index is 13.2. The Hall–Kier alpha value is -1.63. The second-order valence-electron chi connectivity index (χ2n) is 2.81. The zero-order valence-corrected chi connectivity index (χ0v) is 10.0. The number of carbonyl (C=O) groups excluding carboxylic acids is 1. The van der Waals surface area contributed by atoms with Crippen LogP contribution >= 0.6 is 15.9 Å². The van der Waals surface area contributed by atoms with Crippen LogP contribution in [0.15, 0.2) is 27.7 Å². The molecule has 0 heterocycles. The van der Waals surface area contributed by atoms with Crippen LogP contribution in [-0.4, -0.2) is 19.0 Å². The van der Waals surface area contributed by atoms with E-state index in [1.54, 1.807) is 0 Å². The molecule has 0 aliphatic heterocycles. The fraction of sp³-hybridized carbons (Fsp3) is 0.111. The first kappa shape index (κ1) is 12.4. The van der Waals surface area contributed by atoms with Crippen LogP contribution in [0.1, 0.15) is 0 Å². The number of benzene rings is 1. The van der Waals surface area contributed by atoms with Crippen LogP contribution in [0.2, 0.25) is 0 Å². The predicted molar refractivity (Wildman–Crippen MR) is 63.8 cm³/mol. The van der Waals surface area contributed by atoms with Crippen molar-refractivity contribution in [3.63, 3.8) is 0 Å². The lowest BCUT2D eigenvalue weighted by Gasteiger charge is -2.07. The number of amides is 2. The largest absolute Gasteiger partial charge is 0.370 e. The van der Waals surface area contributed by atoms with Crippen LogP contribution in [0, 0.1) is 5.82 Å². The lowest BCUT2D eigenvalue weighted by atomic mass is 10.3. The molecular formula is C9H10BrFN4O. The minimum Gasteiger partial charge on any atom is -0.370 e. The molecular weight excluding hydrogens is 279 g/mol. The van der Waals surface area contributed by atoms with Crippen molar-refractivity contribution >= 4 is 33.6 Å². The van der Waals surface area contributed by atoms with E-state index in [0.717, 1.165) is 0 Å². The molecule has 0 spiro atoms. The molecule has 0 fully saturated rings. The summed E-state index contributed by atoms with van der Waals surface area (Å²) in [5, 5.41) is 4.52. The quantitative estimate of drug-likeness (QED) is 0.543. The van der Waals surface area contributed by atoms with E-state index in [-0.39, 0.29) is 11.6 Å². The second-order valence-corrected chi connectivity index (χ2v) is 3.73. The first-order valence-corrected chi connectivity index (χ1v) is 5.07. The topological polar surface area (TPSA) is 79.5 Å². The SMILES string of the molecule is CN=C(N)NC(=O)Nc1cc(Br)ccc1F. The average molecular weight is 289 g/mol. The van der Waals surface area contributed by atoms with E-state index in [0.29, 0.717) is 4.47 Å². The molecule has 0 saturated carbocycles. The summed E-state index contributed by atoms with van der Waals surface area (Å²) in [6.45, 7) is 0. The van der Waals surface area contributed by atoms with Gasteiger partial charge in [0.2, 0.25) is 0 Å². The average Bonchev–Trinajstić information content (AvgIpc) is 2.23. The van der Waals surface area contributed by atoms with Gasteiger partial charge in [-0.3, -0.25) is 10.3 Å². The molecule has 0 radical (unpaired) electrons. The smallest absolute Gasteiger partial charge is 0.326 e. The van der Waals surface area contributed by atoms with Gasteiger partial charge in [0, 0.05) is 11.5 Å². The number of nitrogens with zero attached hydrogens (tertiary/aromatic N) is 1. The highest BCUT2D eigenvalue weighted by molar-refractivity contribution is 9.10. The molecule has 1 rings (SSSR count). The number of hydrogen-bond acceptors (Lipinski definition) is 2. The van der Waals surface area contributed by atoms with Crippen molar-refractivity contribution in [2.75, 3.05) is 12.4 Å². The summed E-state index contributed by atoms with van der Waals surface area (Å²) in [6, 6.07) is 3.55. The van der Waals surface area contributed by atoms with Crippen LogP contribution < -0.4 is 16.4 Å². The molecule has 0 aliphatic rings.